The van der Waals surface area contributed by atoms with Crippen LogP contribution in [0.2, 0.25) is 0 Å². The van der Waals surface area contributed by atoms with Crippen molar-refractivity contribution in [3.63, 3.8) is 0 Å². The summed E-state index contributed by atoms with van der Waals surface area (Å²) in [7, 11) is 0. The summed E-state index contributed by atoms with van der Waals surface area (Å²) in [6.07, 6.45) is 4.48. The van der Waals surface area contributed by atoms with Gasteiger partial charge in [-0.05, 0) is 38.0 Å². The number of benzene rings is 1. The lowest BCUT2D eigenvalue weighted by molar-refractivity contribution is 0.892. The fourth-order valence-electron chi connectivity index (χ4n) is 2.24. The summed E-state index contributed by atoms with van der Waals surface area (Å²) in [4.78, 5) is 2.42. The molecular formula is C13H17N. The largest absolute Gasteiger partial charge is 0.367 e. The van der Waals surface area contributed by atoms with Gasteiger partial charge in [0, 0.05) is 18.8 Å². The molecule has 0 aliphatic carbocycles. The second-order valence-electron chi connectivity index (χ2n) is 3.96. The van der Waals surface area contributed by atoms with Crippen LogP contribution in [0.4, 0.5) is 5.69 Å². The summed E-state index contributed by atoms with van der Waals surface area (Å²) in [5, 5.41) is 0. The molecule has 0 spiro atoms. The molecular weight excluding hydrogens is 170 g/mol. The topological polar surface area (TPSA) is 3.24 Å². The van der Waals surface area contributed by atoms with Crippen molar-refractivity contribution in [2.75, 3.05) is 18.0 Å². The van der Waals surface area contributed by atoms with Crippen LogP contribution in [0.25, 0.3) is 6.08 Å². The van der Waals surface area contributed by atoms with Gasteiger partial charge in [-0.1, -0.05) is 23.8 Å². The summed E-state index contributed by atoms with van der Waals surface area (Å²) < 4.78 is 0. The van der Waals surface area contributed by atoms with E-state index in [1.54, 1.807) is 0 Å². The summed E-state index contributed by atoms with van der Waals surface area (Å²) in [6, 6.07) is 4.53. The Labute approximate surface area is 86.1 Å². The average molecular weight is 187 g/mol. The first-order valence-corrected chi connectivity index (χ1v) is 5.25. The second kappa shape index (κ2) is 3.49. The van der Waals surface area contributed by atoms with Gasteiger partial charge < -0.3 is 4.90 Å². The van der Waals surface area contributed by atoms with Gasteiger partial charge in [-0.15, -0.1) is 0 Å². The minimum Gasteiger partial charge on any atom is -0.367 e. The van der Waals surface area contributed by atoms with Gasteiger partial charge in [0.05, 0.1) is 0 Å². The van der Waals surface area contributed by atoms with Crippen LogP contribution in [0, 0.1) is 13.8 Å². The molecule has 0 atom stereocenters. The number of hydrogen-bond acceptors (Lipinski definition) is 1. The number of nitrogens with zero attached hydrogens (tertiary/aromatic N) is 1. The van der Waals surface area contributed by atoms with Gasteiger partial charge in [-0.3, -0.25) is 0 Å². The van der Waals surface area contributed by atoms with E-state index in [4.69, 9.17) is 0 Å². The van der Waals surface area contributed by atoms with E-state index in [2.05, 4.69) is 50.0 Å². The van der Waals surface area contributed by atoms with Crippen LogP contribution in [0.1, 0.15) is 23.6 Å². The Morgan fingerprint density at radius 3 is 2.79 bits per heavy atom. The zero-order valence-electron chi connectivity index (χ0n) is 9.17. The molecule has 14 heavy (non-hydrogen) atoms. The summed E-state index contributed by atoms with van der Waals surface area (Å²) >= 11 is 0. The fourth-order valence-corrected chi connectivity index (χ4v) is 2.24. The third-order valence-electron chi connectivity index (χ3n) is 2.80. The first kappa shape index (κ1) is 9.32. The Kier molecular flexibility index (Phi) is 2.32. The van der Waals surface area contributed by atoms with Crippen LogP contribution in [0.3, 0.4) is 0 Å². The number of fused-ring (bicyclic) bond motifs is 1. The van der Waals surface area contributed by atoms with Gasteiger partial charge in [0.15, 0.2) is 0 Å². The molecule has 0 saturated carbocycles. The molecule has 0 saturated heterocycles. The third kappa shape index (κ3) is 1.43. The molecule has 2 rings (SSSR count). The molecule has 1 aliphatic heterocycles. The van der Waals surface area contributed by atoms with Gasteiger partial charge in [-0.2, -0.15) is 0 Å². The van der Waals surface area contributed by atoms with E-state index in [1.165, 1.54) is 22.4 Å². The van der Waals surface area contributed by atoms with Crippen molar-refractivity contribution in [3.8, 4) is 0 Å². The lowest BCUT2D eigenvalue weighted by Gasteiger charge is -2.29. The van der Waals surface area contributed by atoms with Crippen LogP contribution < -0.4 is 4.90 Å². The number of anilines is 1. The lowest BCUT2D eigenvalue weighted by Crippen LogP contribution is -2.26. The predicted molar refractivity (Wildman–Crippen MR) is 62.8 cm³/mol. The molecule has 0 unspecified atom stereocenters. The molecule has 1 nitrogen and oxygen atoms in total. The minimum atomic E-state index is 1.05. The Balaban J connectivity index is 2.58. The molecule has 0 N–H and O–H groups in total. The Morgan fingerprint density at radius 1 is 1.29 bits per heavy atom. The van der Waals surface area contributed by atoms with Crippen LogP contribution in [-0.2, 0) is 0 Å². The van der Waals surface area contributed by atoms with Crippen LogP contribution in [0.5, 0.6) is 0 Å². The Bertz CT molecular complexity index is 377. The zero-order chi connectivity index (χ0) is 10.1. The second-order valence-corrected chi connectivity index (χ2v) is 3.96. The van der Waals surface area contributed by atoms with Crippen LogP contribution in [0.15, 0.2) is 18.2 Å². The first-order chi connectivity index (χ1) is 6.72. The van der Waals surface area contributed by atoms with E-state index in [1.807, 2.05) is 0 Å². The van der Waals surface area contributed by atoms with E-state index < -0.39 is 0 Å². The van der Waals surface area contributed by atoms with Crippen molar-refractivity contribution >= 4 is 11.8 Å². The molecule has 0 bridgehead atoms. The number of rotatable bonds is 1. The SMILES string of the molecule is CCN1CC=Cc2cc(C)cc(C)c21. The molecule has 0 fully saturated rings. The monoisotopic (exact) mass is 187 g/mol. The van der Waals surface area contributed by atoms with Gasteiger partial charge in [0.2, 0.25) is 0 Å². The summed E-state index contributed by atoms with van der Waals surface area (Å²) in [6.45, 7) is 8.70. The molecule has 0 radical (unpaired) electrons. The lowest BCUT2D eigenvalue weighted by atomic mass is 10.0. The molecule has 0 amide bonds. The maximum absolute atomic E-state index is 2.42. The Hall–Kier alpha value is -1.24. The number of hydrogen-bond donors (Lipinski definition) is 0. The quantitative estimate of drug-likeness (QED) is 0.652. The normalized spacial score (nSPS) is 14.4. The van der Waals surface area contributed by atoms with Gasteiger partial charge in [0.25, 0.3) is 0 Å². The molecule has 1 aromatic rings. The average Bonchev–Trinajstić information content (AvgIpc) is 2.16. The number of likely N-dealkylation sites (N-methyl/N-ethyl adjacent to an activating group) is 1. The smallest absolute Gasteiger partial charge is 0.0472 e. The van der Waals surface area contributed by atoms with E-state index in [0.29, 0.717) is 0 Å². The van der Waals surface area contributed by atoms with Crippen molar-refractivity contribution in [2.45, 2.75) is 20.8 Å². The zero-order valence-corrected chi connectivity index (χ0v) is 9.17. The van der Waals surface area contributed by atoms with Crippen LogP contribution in [-0.4, -0.2) is 13.1 Å². The highest BCUT2D eigenvalue weighted by Gasteiger charge is 2.13. The summed E-state index contributed by atoms with van der Waals surface area (Å²) in [5.41, 5.74) is 5.53. The Morgan fingerprint density at radius 2 is 2.07 bits per heavy atom. The van der Waals surface area contributed by atoms with Gasteiger partial charge in [0.1, 0.15) is 0 Å². The summed E-state index contributed by atoms with van der Waals surface area (Å²) in [5.74, 6) is 0. The maximum atomic E-state index is 2.42. The minimum absolute atomic E-state index is 1.05. The van der Waals surface area contributed by atoms with E-state index in [-0.39, 0.29) is 0 Å². The van der Waals surface area contributed by atoms with Crippen molar-refractivity contribution in [1.29, 1.82) is 0 Å². The molecule has 1 heterocycles. The van der Waals surface area contributed by atoms with E-state index in [0.717, 1.165) is 13.1 Å². The molecule has 1 aliphatic rings. The van der Waals surface area contributed by atoms with Crippen molar-refractivity contribution in [1.82, 2.24) is 0 Å². The van der Waals surface area contributed by atoms with Crippen molar-refractivity contribution < 1.29 is 0 Å². The van der Waals surface area contributed by atoms with Gasteiger partial charge in [-0.25, -0.2) is 0 Å². The van der Waals surface area contributed by atoms with Crippen molar-refractivity contribution in [2.24, 2.45) is 0 Å². The van der Waals surface area contributed by atoms with Gasteiger partial charge >= 0.3 is 0 Å². The maximum Gasteiger partial charge on any atom is 0.0472 e. The molecule has 0 aromatic heterocycles. The highest BCUT2D eigenvalue weighted by Crippen LogP contribution is 2.30. The fraction of sp³-hybridized carbons (Fsp3) is 0.385. The molecule has 1 heteroatoms. The predicted octanol–water partition coefficient (Wildman–Crippen LogP) is 3.16. The highest BCUT2D eigenvalue weighted by atomic mass is 15.1. The molecule has 1 aromatic carbocycles. The molecule has 74 valence electrons. The van der Waals surface area contributed by atoms with Crippen LogP contribution >= 0.6 is 0 Å². The third-order valence-corrected chi connectivity index (χ3v) is 2.80. The van der Waals surface area contributed by atoms with Crippen molar-refractivity contribution in [3.05, 3.63) is 34.9 Å². The van der Waals surface area contributed by atoms with E-state index >= 15 is 0 Å². The van der Waals surface area contributed by atoms with E-state index in [9.17, 15) is 0 Å². The number of aryl methyl sites for hydroxylation is 2. The standard InChI is InChI=1S/C13H17N/c1-4-14-7-5-6-12-9-10(2)8-11(3)13(12)14/h5-6,8-9H,4,7H2,1-3H3. The first-order valence-electron chi connectivity index (χ1n) is 5.25. The highest BCUT2D eigenvalue weighted by molar-refractivity contribution is 5.74.